The first-order chi connectivity index (χ1) is 14.7. The molecule has 3 rings (SSSR count). The topological polar surface area (TPSA) is 46.1 Å². The standard InChI is InChI=1S/C23H42N6S.HI/c1-4-24-23(25-10-15-28-12-6-11-27(3)16-17-28)26-19-21(22-7-5-18-30-22)29-13-8-20(2)9-14-29;/h5,7,18,20-21H,4,6,8-17,19H2,1-3H3,(H2,24,25,26);1H. The van der Waals surface area contributed by atoms with Crippen molar-refractivity contribution >= 4 is 41.3 Å². The van der Waals surface area contributed by atoms with Gasteiger partial charge in [0.2, 0.25) is 0 Å². The molecule has 0 aromatic carbocycles. The second kappa shape index (κ2) is 14.7. The number of aliphatic imine (C=N–C) groups is 1. The van der Waals surface area contributed by atoms with Crippen LogP contribution in [0.2, 0.25) is 0 Å². The highest BCUT2D eigenvalue weighted by atomic mass is 127. The number of piperidine rings is 1. The minimum absolute atomic E-state index is 0. The van der Waals surface area contributed by atoms with E-state index in [-0.39, 0.29) is 24.0 Å². The summed E-state index contributed by atoms with van der Waals surface area (Å²) in [5, 5.41) is 9.22. The van der Waals surface area contributed by atoms with E-state index in [0.29, 0.717) is 6.04 Å². The SMILES string of the molecule is CCNC(=NCC(c1cccs1)N1CCC(C)CC1)NCCN1CCCN(C)CC1.I. The van der Waals surface area contributed by atoms with Crippen LogP contribution in [0, 0.1) is 5.92 Å². The Morgan fingerprint density at radius 1 is 1.16 bits per heavy atom. The molecule has 0 bridgehead atoms. The lowest BCUT2D eigenvalue weighted by Crippen LogP contribution is -2.43. The summed E-state index contributed by atoms with van der Waals surface area (Å²) in [6, 6.07) is 4.85. The van der Waals surface area contributed by atoms with Crippen molar-refractivity contribution < 1.29 is 0 Å². The molecule has 6 nitrogen and oxygen atoms in total. The monoisotopic (exact) mass is 562 g/mol. The van der Waals surface area contributed by atoms with Crippen LogP contribution < -0.4 is 10.6 Å². The molecule has 2 fully saturated rings. The summed E-state index contributed by atoms with van der Waals surface area (Å²) in [4.78, 5) is 14.1. The lowest BCUT2D eigenvalue weighted by molar-refractivity contribution is 0.143. The van der Waals surface area contributed by atoms with Crippen LogP contribution >= 0.6 is 35.3 Å². The van der Waals surface area contributed by atoms with Crippen LogP contribution in [-0.2, 0) is 0 Å². The number of rotatable bonds is 8. The third kappa shape index (κ3) is 9.15. The third-order valence-electron chi connectivity index (χ3n) is 6.43. The number of guanidine groups is 1. The molecule has 2 aliphatic rings. The Hall–Kier alpha value is -0.420. The van der Waals surface area contributed by atoms with Crippen molar-refractivity contribution in [2.75, 3.05) is 72.5 Å². The molecule has 31 heavy (non-hydrogen) atoms. The minimum atomic E-state index is 0. The van der Waals surface area contributed by atoms with Gasteiger partial charge in [-0.25, -0.2) is 0 Å². The minimum Gasteiger partial charge on any atom is -0.357 e. The lowest BCUT2D eigenvalue weighted by atomic mass is 9.97. The molecule has 0 radical (unpaired) electrons. The van der Waals surface area contributed by atoms with Crippen LogP contribution in [0.25, 0.3) is 0 Å². The van der Waals surface area contributed by atoms with E-state index >= 15 is 0 Å². The smallest absolute Gasteiger partial charge is 0.191 e. The summed E-state index contributed by atoms with van der Waals surface area (Å²) >= 11 is 1.87. The Morgan fingerprint density at radius 3 is 2.68 bits per heavy atom. The van der Waals surface area contributed by atoms with E-state index in [2.05, 4.69) is 63.7 Å². The molecular weight excluding hydrogens is 519 g/mol. The first kappa shape index (κ1) is 26.8. The second-order valence-corrected chi connectivity index (χ2v) is 9.87. The van der Waals surface area contributed by atoms with Gasteiger partial charge in [-0.1, -0.05) is 13.0 Å². The molecule has 0 saturated carbocycles. The molecular formula is C23H43IN6S. The normalized spacial score (nSPS) is 21.3. The number of likely N-dealkylation sites (N-methyl/N-ethyl adjacent to an activating group) is 1. The Kier molecular flexibility index (Phi) is 12.7. The molecule has 8 heteroatoms. The van der Waals surface area contributed by atoms with E-state index < -0.39 is 0 Å². The number of thiophene rings is 1. The Balaban J connectivity index is 0.00000341. The maximum atomic E-state index is 5.01. The summed E-state index contributed by atoms with van der Waals surface area (Å²) in [6.07, 6.45) is 3.87. The molecule has 3 heterocycles. The van der Waals surface area contributed by atoms with E-state index in [1.807, 2.05) is 11.3 Å². The number of hydrogen-bond acceptors (Lipinski definition) is 5. The van der Waals surface area contributed by atoms with Gasteiger partial charge in [0.1, 0.15) is 0 Å². The largest absolute Gasteiger partial charge is 0.357 e. The summed E-state index contributed by atoms with van der Waals surface area (Å²) in [5.74, 6) is 1.81. The van der Waals surface area contributed by atoms with Crippen LogP contribution in [0.4, 0.5) is 0 Å². The quantitative estimate of drug-likeness (QED) is 0.289. The fourth-order valence-electron chi connectivity index (χ4n) is 4.38. The maximum Gasteiger partial charge on any atom is 0.191 e. The molecule has 2 aliphatic heterocycles. The molecule has 1 atom stereocenters. The summed E-state index contributed by atoms with van der Waals surface area (Å²) < 4.78 is 0. The fourth-order valence-corrected chi connectivity index (χ4v) is 5.23. The molecule has 0 aliphatic carbocycles. The zero-order chi connectivity index (χ0) is 21.2. The van der Waals surface area contributed by atoms with Gasteiger partial charge in [-0.05, 0) is 76.8 Å². The zero-order valence-electron chi connectivity index (χ0n) is 19.7. The van der Waals surface area contributed by atoms with E-state index in [1.54, 1.807) is 0 Å². The Labute approximate surface area is 210 Å². The third-order valence-corrected chi connectivity index (χ3v) is 7.40. The predicted octanol–water partition coefficient (Wildman–Crippen LogP) is 3.33. The second-order valence-electron chi connectivity index (χ2n) is 8.89. The first-order valence-electron chi connectivity index (χ1n) is 11.9. The van der Waals surface area contributed by atoms with Crippen LogP contribution in [-0.4, -0.2) is 93.2 Å². The summed E-state index contributed by atoms with van der Waals surface area (Å²) in [5.41, 5.74) is 0. The van der Waals surface area contributed by atoms with Crippen molar-refractivity contribution in [3.63, 3.8) is 0 Å². The molecule has 1 aromatic rings. The van der Waals surface area contributed by atoms with E-state index in [4.69, 9.17) is 4.99 Å². The molecule has 1 aromatic heterocycles. The average Bonchev–Trinajstić information content (AvgIpc) is 3.19. The van der Waals surface area contributed by atoms with E-state index in [1.165, 1.54) is 63.4 Å². The molecule has 2 N–H and O–H groups in total. The van der Waals surface area contributed by atoms with Crippen molar-refractivity contribution in [1.29, 1.82) is 0 Å². The summed E-state index contributed by atoms with van der Waals surface area (Å²) in [7, 11) is 2.23. The van der Waals surface area contributed by atoms with E-state index in [9.17, 15) is 0 Å². The number of nitrogens with zero attached hydrogens (tertiary/aromatic N) is 4. The predicted molar refractivity (Wildman–Crippen MR) is 145 cm³/mol. The van der Waals surface area contributed by atoms with Gasteiger partial charge in [0.05, 0.1) is 12.6 Å². The highest BCUT2D eigenvalue weighted by Crippen LogP contribution is 2.29. The van der Waals surface area contributed by atoms with Crippen molar-refractivity contribution in [2.24, 2.45) is 10.9 Å². The van der Waals surface area contributed by atoms with Crippen LogP contribution in [0.15, 0.2) is 22.5 Å². The highest BCUT2D eigenvalue weighted by molar-refractivity contribution is 14.0. The van der Waals surface area contributed by atoms with Gasteiger partial charge in [-0.15, -0.1) is 35.3 Å². The Bertz CT molecular complexity index is 618. The lowest BCUT2D eigenvalue weighted by Gasteiger charge is -2.35. The zero-order valence-corrected chi connectivity index (χ0v) is 22.8. The van der Waals surface area contributed by atoms with Crippen LogP contribution in [0.3, 0.4) is 0 Å². The van der Waals surface area contributed by atoms with Gasteiger partial charge in [-0.3, -0.25) is 9.89 Å². The van der Waals surface area contributed by atoms with Crippen molar-refractivity contribution in [3.05, 3.63) is 22.4 Å². The van der Waals surface area contributed by atoms with Gasteiger partial charge >= 0.3 is 0 Å². The van der Waals surface area contributed by atoms with Gasteiger partial charge < -0.3 is 20.4 Å². The molecule has 178 valence electrons. The van der Waals surface area contributed by atoms with Gasteiger partial charge in [-0.2, -0.15) is 0 Å². The number of nitrogens with one attached hydrogen (secondary N) is 2. The van der Waals surface area contributed by atoms with Gasteiger partial charge in [0, 0.05) is 37.6 Å². The maximum absolute atomic E-state index is 5.01. The average molecular weight is 563 g/mol. The molecule has 2 saturated heterocycles. The number of likely N-dealkylation sites (tertiary alicyclic amines) is 1. The van der Waals surface area contributed by atoms with Crippen LogP contribution in [0.5, 0.6) is 0 Å². The van der Waals surface area contributed by atoms with Crippen molar-refractivity contribution in [2.45, 2.75) is 39.2 Å². The fraction of sp³-hybridized carbons (Fsp3) is 0.783. The van der Waals surface area contributed by atoms with Crippen LogP contribution in [0.1, 0.15) is 44.0 Å². The van der Waals surface area contributed by atoms with Crippen molar-refractivity contribution in [1.82, 2.24) is 25.3 Å². The highest BCUT2D eigenvalue weighted by Gasteiger charge is 2.25. The molecule has 1 unspecified atom stereocenters. The summed E-state index contributed by atoms with van der Waals surface area (Å²) in [6.45, 7) is 15.4. The number of halogens is 1. The van der Waals surface area contributed by atoms with Gasteiger partial charge in [0.15, 0.2) is 5.96 Å². The van der Waals surface area contributed by atoms with Gasteiger partial charge in [0.25, 0.3) is 0 Å². The molecule has 0 spiro atoms. The van der Waals surface area contributed by atoms with Crippen molar-refractivity contribution in [3.8, 4) is 0 Å². The van der Waals surface area contributed by atoms with E-state index in [0.717, 1.165) is 38.1 Å². The first-order valence-corrected chi connectivity index (χ1v) is 12.7. The molecule has 0 amide bonds. The number of hydrogen-bond donors (Lipinski definition) is 2. The Morgan fingerprint density at radius 2 is 1.97 bits per heavy atom.